The molecule has 0 aliphatic carbocycles. The first-order valence-corrected chi connectivity index (χ1v) is 8.81. The molecule has 1 N–H and O–H groups in total. The smallest absolute Gasteiger partial charge is 0.275 e. The van der Waals surface area contributed by atoms with Crippen LogP contribution in [0.15, 0.2) is 46.0 Å². The molecule has 0 unspecified atom stereocenters. The SMILES string of the molecule is CCCOc1ccc(Cl)cc1/C=N\NC(=O)c1cc(Br)ccc1OC. The topological polar surface area (TPSA) is 59.9 Å². The van der Waals surface area contributed by atoms with E-state index in [0.29, 0.717) is 34.3 Å². The summed E-state index contributed by atoms with van der Waals surface area (Å²) in [6.07, 6.45) is 2.39. The van der Waals surface area contributed by atoms with Crippen molar-refractivity contribution in [3.63, 3.8) is 0 Å². The number of carbonyl (C=O) groups is 1. The van der Waals surface area contributed by atoms with E-state index < -0.39 is 0 Å². The maximum absolute atomic E-state index is 12.3. The highest BCUT2D eigenvalue weighted by atomic mass is 79.9. The van der Waals surface area contributed by atoms with E-state index in [1.807, 2.05) is 6.92 Å². The van der Waals surface area contributed by atoms with Crippen LogP contribution in [0, 0.1) is 0 Å². The van der Waals surface area contributed by atoms with Gasteiger partial charge in [-0.25, -0.2) is 5.43 Å². The predicted molar refractivity (Wildman–Crippen MR) is 103 cm³/mol. The minimum Gasteiger partial charge on any atom is -0.496 e. The number of hydrogen-bond donors (Lipinski definition) is 1. The lowest BCUT2D eigenvalue weighted by atomic mass is 10.2. The van der Waals surface area contributed by atoms with Gasteiger partial charge in [-0.3, -0.25) is 4.79 Å². The van der Waals surface area contributed by atoms with Gasteiger partial charge in [0.15, 0.2) is 0 Å². The summed E-state index contributed by atoms with van der Waals surface area (Å²) in [6.45, 7) is 2.61. The summed E-state index contributed by atoms with van der Waals surface area (Å²) in [5.74, 6) is 0.738. The molecule has 2 aromatic rings. The zero-order valence-corrected chi connectivity index (χ0v) is 16.2. The van der Waals surface area contributed by atoms with Gasteiger partial charge >= 0.3 is 0 Å². The summed E-state index contributed by atoms with van der Waals surface area (Å²) in [5, 5.41) is 4.56. The van der Waals surface area contributed by atoms with Crippen LogP contribution in [0.4, 0.5) is 0 Å². The van der Waals surface area contributed by atoms with Gasteiger partial charge in [0.05, 0.1) is 25.5 Å². The standard InChI is InChI=1S/C18H18BrClN2O3/c1-3-8-25-16-7-5-14(20)9-12(16)11-21-22-18(23)15-10-13(19)4-6-17(15)24-2/h4-7,9-11H,3,8H2,1-2H3,(H,22,23)/b21-11-. The third-order valence-corrected chi connectivity index (χ3v) is 3.94. The first-order valence-electron chi connectivity index (χ1n) is 7.64. The second kappa shape index (κ2) is 9.44. The quantitative estimate of drug-likeness (QED) is 0.518. The number of nitrogens with one attached hydrogen (secondary N) is 1. The zero-order chi connectivity index (χ0) is 18.2. The van der Waals surface area contributed by atoms with E-state index >= 15 is 0 Å². The van der Waals surface area contributed by atoms with Crippen molar-refractivity contribution in [3.8, 4) is 11.5 Å². The fourth-order valence-electron chi connectivity index (χ4n) is 2.04. The summed E-state index contributed by atoms with van der Waals surface area (Å²) in [5.41, 5.74) is 3.54. The van der Waals surface area contributed by atoms with Gasteiger partial charge < -0.3 is 9.47 Å². The molecule has 2 aromatic carbocycles. The molecule has 0 aromatic heterocycles. The molecule has 5 nitrogen and oxygen atoms in total. The molecule has 132 valence electrons. The van der Waals surface area contributed by atoms with Crippen molar-refractivity contribution in [2.24, 2.45) is 5.10 Å². The van der Waals surface area contributed by atoms with Gasteiger partial charge in [0, 0.05) is 15.1 Å². The van der Waals surface area contributed by atoms with Crippen molar-refractivity contribution in [2.75, 3.05) is 13.7 Å². The lowest BCUT2D eigenvalue weighted by Crippen LogP contribution is -2.18. The molecule has 0 atom stereocenters. The highest BCUT2D eigenvalue weighted by molar-refractivity contribution is 9.10. The fourth-order valence-corrected chi connectivity index (χ4v) is 2.58. The third-order valence-electron chi connectivity index (χ3n) is 3.21. The highest BCUT2D eigenvalue weighted by Gasteiger charge is 2.12. The molecule has 0 aliphatic rings. The van der Waals surface area contributed by atoms with Gasteiger partial charge in [-0.2, -0.15) is 5.10 Å². The maximum atomic E-state index is 12.3. The summed E-state index contributed by atoms with van der Waals surface area (Å²) in [4.78, 5) is 12.3. The highest BCUT2D eigenvalue weighted by Crippen LogP contribution is 2.23. The summed E-state index contributed by atoms with van der Waals surface area (Å²) >= 11 is 9.35. The number of carbonyl (C=O) groups excluding carboxylic acids is 1. The minimum absolute atomic E-state index is 0.377. The average Bonchev–Trinajstić information content (AvgIpc) is 2.61. The number of rotatable bonds is 7. The van der Waals surface area contributed by atoms with Crippen LogP contribution in [-0.4, -0.2) is 25.8 Å². The van der Waals surface area contributed by atoms with Crippen LogP contribution in [0.2, 0.25) is 5.02 Å². The normalized spacial score (nSPS) is 10.7. The van der Waals surface area contributed by atoms with Crippen LogP contribution in [0.3, 0.4) is 0 Å². The van der Waals surface area contributed by atoms with Crippen LogP contribution < -0.4 is 14.9 Å². The van der Waals surface area contributed by atoms with E-state index in [0.717, 1.165) is 10.9 Å². The number of halogens is 2. The van der Waals surface area contributed by atoms with Crippen molar-refractivity contribution >= 4 is 39.7 Å². The van der Waals surface area contributed by atoms with Gasteiger partial charge in [-0.05, 0) is 42.8 Å². The van der Waals surface area contributed by atoms with E-state index in [1.165, 1.54) is 13.3 Å². The molecule has 0 fully saturated rings. The number of ether oxygens (including phenoxy) is 2. The molecule has 0 saturated heterocycles. The Balaban J connectivity index is 2.14. The molecule has 0 saturated carbocycles. The molecular formula is C18H18BrClN2O3. The van der Waals surface area contributed by atoms with Crippen LogP contribution in [0.25, 0.3) is 0 Å². The van der Waals surface area contributed by atoms with E-state index in [-0.39, 0.29) is 5.91 Å². The Morgan fingerprint density at radius 3 is 2.76 bits per heavy atom. The molecule has 2 rings (SSSR count). The van der Waals surface area contributed by atoms with Gasteiger partial charge in [-0.15, -0.1) is 0 Å². The molecule has 0 heterocycles. The Labute approximate surface area is 160 Å². The number of benzene rings is 2. The zero-order valence-electron chi connectivity index (χ0n) is 13.9. The Hall–Kier alpha value is -2.05. The van der Waals surface area contributed by atoms with E-state index in [1.54, 1.807) is 36.4 Å². The van der Waals surface area contributed by atoms with Gasteiger partial charge in [0.25, 0.3) is 5.91 Å². The number of methoxy groups -OCH3 is 1. The van der Waals surface area contributed by atoms with Crippen molar-refractivity contribution in [3.05, 3.63) is 57.0 Å². The number of amides is 1. The molecule has 0 bridgehead atoms. The van der Waals surface area contributed by atoms with Crippen molar-refractivity contribution < 1.29 is 14.3 Å². The van der Waals surface area contributed by atoms with E-state index in [4.69, 9.17) is 21.1 Å². The van der Waals surface area contributed by atoms with Crippen LogP contribution >= 0.6 is 27.5 Å². The molecule has 7 heteroatoms. The molecule has 0 spiro atoms. The minimum atomic E-state index is -0.382. The van der Waals surface area contributed by atoms with Crippen LogP contribution in [0.1, 0.15) is 29.3 Å². The van der Waals surface area contributed by atoms with Gasteiger partial charge in [-0.1, -0.05) is 34.5 Å². The van der Waals surface area contributed by atoms with Crippen molar-refractivity contribution in [1.29, 1.82) is 0 Å². The lowest BCUT2D eigenvalue weighted by Gasteiger charge is -2.09. The second-order valence-electron chi connectivity index (χ2n) is 5.07. The molecule has 0 aliphatic heterocycles. The number of nitrogens with zero attached hydrogens (tertiary/aromatic N) is 1. The first kappa shape index (κ1) is 19.3. The second-order valence-corrected chi connectivity index (χ2v) is 6.43. The van der Waals surface area contributed by atoms with E-state index in [2.05, 4.69) is 26.5 Å². The first-order chi connectivity index (χ1) is 12.0. The van der Waals surface area contributed by atoms with Gasteiger partial charge in [0.1, 0.15) is 11.5 Å². The fraction of sp³-hybridized carbons (Fsp3) is 0.222. The van der Waals surface area contributed by atoms with Crippen LogP contribution in [0.5, 0.6) is 11.5 Å². The van der Waals surface area contributed by atoms with E-state index in [9.17, 15) is 4.79 Å². The Morgan fingerprint density at radius 1 is 1.28 bits per heavy atom. The maximum Gasteiger partial charge on any atom is 0.275 e. The summed E-state index contributed by atoms with van der Waals surface area (Å²) < 4.78 is 11.6. The average molecular weight is 426 g/mol. The Kier molecular flexibility index (Phi) is 7.28. The monoisotopic (exact) mass is 424 g/mol. The Morgan fingerprint density at radius 2 is 2.04 bits per heavy atom. The summed E-state index contributed by atoms with van der Waals surface area (Å²) in [6, 6.07) is 10.4. The molecule has 1 amide bonds. The molecular weight excluding hydrogens is 408 g/mol. The molecule has 25 heavy (non-hydrogen) atoms. The van der Waals surface area contributed by atoms with Gasteiger partial charge in [0.2, 0.25) is 0 Å². The van der Waals surface area contributed by atoms with Crippen LogP contribution in [-0.2, 0) is 0 Å². The summed E-state index contributed by atoms with van der Waals surface area (Å²) in [7, 11) is 1.51. The lowest BCUT2D eigenvalue weighted by molar-refractivity contribution is 0.0952. The number of hydrazone groups is 1. The van der Waals surface area contributed by atoms with Crippen molar-refractivity contribution in [2.45, 2.75) is 13.3 Å². The molecule has 0 radical (unpaired) electrons. The van der Waals surface area contributed by atoms with Crippen molar-refractivity contribution in [1.82, 2.24) is 5.43 Å². The predicted octanol–water partition coefficient (Wildman–Crippen LogP) is 4.66. The third kappa shape index (κ3) is 5.47. The number of hydrogen-bond acceptors (Lipinski definition) is 4. The Bertz CT molecular complexity index is 781. The largest absolute Gasteiger partial charge is 0.496 e.